The Bertz CT molecular complexity index is 856. The Labute approximate surface area is 153 Å². The summed E-state index contributed by atoms with van der Waals surface area (Å²) in [6.07, 6.45) is -1.45. The van der Waals surface area contributed by atoms with Gasteiger partial charge in [-0.2, -0.15) is 0 Å². The number of hydrogen-bond acceptors (Lipinski definition) is 4. The van der Waals surface area contributed by atoms with Gasteiger partial charge in [-0.05, 0) is 43.3 Å². The Hall–Kier alpha value is -3.00. The molecule has 2 aromatic rings. The molecule has 2 aromatic carbocycles. The Kier molecular flexibility index (Phi) is 5.36. The molecule has 1 amide bonds. The number of nitrogens with zero attached hydrogens (tertiary/aromatic N) is 1. The first-order valence-electron chi connectivity index (χ1n) is 8.24. The minimum absolute atomic E-state index is 0.0361. The van der Waals surface area contributed by atoms with Crippen molar-refractivity contribution in [1.82, 2.24) is 4.90 Å². The molecule has 0 radical (unpaired) electrons. The van der Waals surface area contributed by atoms with Crippen LogP contribution in [0.3, 0.4) is 0 Å². The molecule has 8 heteroatoms. The van der Waals surface area contributed by atoms with Crippen LogP contribution in [0.1, 0.15) is 17.3 Å². The van der Waals surface area contributed by atoms with E-state index in [1.165, 1.54) is 35.2 Å². The zero-order chi connectivity index (χ0) is 19.6. The standard InChI is InChI=1S/C19H17F2NO5/c1-11-9-22(10-17(26-11)19(24)25)18(23)12-2-4-13(5-3-12)27-14-6-7-15(20)16(21)8-14/h2-8,11,17H,9-10H2,1H3,(H,24,25)/t11-,17?/m1/s1. The van der Waals surface area contributed by atoms with E-state index in [1.54, 1.807) is 6.92 Å². The maximum absolute atomic E-state index is 13.2. The first kappa shape index (κ1) is 18.8. The Balaban J connectivity index is 1.69. The number of carbonyl (C=O) groups is 2. The number of ether oxygens (including phenoxy) is 2. The molecule has 1 fully saturated rings. The second-order valence-corrected chi connectivity index (χ2v) is 6.19. The molecule has 1 unspecified atom stereocenters. The van der Waals surface area contributed by atoms with Crippen LogP contribution in [0.25, 0.3) is 0 Å². The number of amides is 1. The molecule has 6 nitrogen and oxygen atoms in total. The van der Waals surface area contributed by atoms with Crippen molar-refractivity contribution in [3.05, 3.63) is 59.7 Å². The van der Waals surface area contributed by atoms with Gasteiger partial charge in [0.05, 0.1) is 12.6 Å². The summed E-state index contributed by atoms with van der Waals surface area (Å²) in [4.78, 5) is 25.2. The number of aliphatic carboxylic acids is 1. The van der Waals surface area contributed by atoms with E-state index in [2.05, 4.69) is 0 Å². The normalized spacial score (nSPS) is 19.6. The van der Waals surface area contributed by atoms with Gasteiger partial charge in [0.2, 0.25) is 0 Å². The molecular formula is C19H17F2NO5. The van der Waals surface area contributed by atoms with Crippen molar-refractivity contribution in [2.24, 2.45) is 0 Å². The highest BCUT2D eigenvalue weighted by molar-refractivity contribution is 5.94. The third kappa shape index (κ3) is 4.40. The summed E-state index contributed by atoms with van der Waals surface area (Å²) in [5.74, 6) is -2.96. The minimum Gasteiger partial charge on any atom is -0.479 e. The molecule has 1 aliphatic rings. The Morgan fingerprint density at radius 2 is 1.74 bits per heavy atom. The van der Waals surface area contributed by atoms with Crippen LogP contribution in [0, 0.1) is 11.6 Å². The quantitative estimate of drug-likeness (QED) is 0.886. The van der Waals surface area contributed by atoms with Crippen LogP contribution in [-0.4, -0.2) is 47.2 Å². The summed E-state index contributed by atoms with van der Waals surface area (Å²) >= 11 is 0. The average Bonchev–Trinajstić information content (AvgIpc) is 2.64. The van der Waals surface area contributed by atoms with E-state index in [9.17, 15) is 18.4 Å². The topological polar surface area (TPSA) is 76.1 Å². The van der Waals surface area contributed by atoms with Crippen molar-refractivity contribution in [3.63, 3.8) is 0 Å². The predicted molar refractivity (Wildman–Crippen MR) is 90.7 cm³/mol. The summed E-state index contributed by atoms with van der Waals surface area (Å²) in [6.45, 7) is 1.95. The van der Waals surface area contributed by atoms with Gasteiger partial charge in [-0.15, -0.1) is 0 Å². The summed E-state index contributed by atoms with van der Waals surface area (Å²) in [5.41, 5.74) is 0.353. The molecule has 2 atom stereocenters. The van der Waals surface area contributed by atoms with E-state index in [1.807, 2.05) is 0 Å². The van der Waals surface area contributed by atoms with Crippen molar-refractivity contribution in [2.45, 2.75) is 19.1 Å². The fourth-order valence-electron chi connectivity index (χ4n) is 2.78. The molecule has 0 saturated carbocycles. The van der Waals surface area contributed by atoms with Crippen molar-refractivity contribution >= 4 is 11.9 Å². The monoisotopic (exact) mass is 377 g/mol. The first-order valence-corrected chi connectivity index (χ1v) is 8.24. The highest BCUT2D eigenvalue weighted by atomic mass is 19.2. The highest BCUT2D eigenvalue weighted by Crippen LogP contribution is 2.24. The molecule has 27 heavy (non-hydrogen) atoms. The fourth-order valence-corrected chi connectivity index (χ4v) is 2.78. The lowest BCUT2D eigenvalue weighted by molar-refractivity contribution is -0.160. The van der Waals surface area contributed by atoms with E-state index in [-0.39, 0.29) is 30.9 Å². The van der Waals surface area contributed by atoms with Gasteiger partial charge < -0.3 is 19.5 Å². The molecule has 1 heterocycles. The minimum atomic E-state index is -1.12. The number of morpholine rings is 1. The number of benzene rings is 2. The van der Waals surface area contributed by atoms with Gasteiger partial charge in [-0.1, -0.05) is 0 Å². The molecule has 1 N–H and O–H groups in total. The van der Waals surface area contributed by atoms with Gasteiger partial charge in [0.15, 0.2) is 17.7 Å². The second-order valence-electron chi connectivity index (χ2n) is 6.19. The smallest absolute Gasteiger partial charge is 0.334 e. The van der Waals surface area contributed by atoms with Crippen LogP contribution in [0.4, 0.5) is 8.78 Å². The highest BCUT2D eigenvalue weighted by Gasteiger charge is 2.32. The molecule has 1 aliphatic heterocycles. The third-order valence-electron chi connectivity index (χ3n) is 4.05. The van der Waals surface area contributed by atoms with E-state index in [4.69, 9.17) is 14.6 Å². The number of rotatable bonds is 4. The van der Waals surface area contributed by atoms with E-state index in [0.29, 0.717) is 11.3 Å². The molecule has 142 valence electrons. The summed E-state index contributed by atoms with van der Waals surface area (Å²) < 4.78 is 36.9. The summed E-state index contributed by atoms with van der Waals surface area (Å²) in [6, 6.07) is 9.26. The Morgan fingerprint density at radius 3 is 2.37 bits per heavy atom. The zero-order valence-corrected chi connectivity index (χ0v) is 14.4. The predicted octanol–water partition coefficient (Wildman–Crippen LogP) is 3.07. The molecular weight excluding hydrogens is 360 g/mol. The van der Waals surface area contributed by atoms with Crippen LogP contribution >= 0.6 is 0 Å². The lowest BCUT2D eigenvalue weighted by Gasteiger charge is -2.35. The summed E-state index contributed by atoms with van der Waals surface area (Å²) in [5, 5.41) is 9.11. The number of carboxylic acid groups (broad SMARTS) is 1. The lowest BCUT2D eigenvalue weighted by Crippen LogP contribution is -2.51. The molecule has 0 spiro atoms. The fraction of sp³-hybridized carbons (Fsp3) is 0.263. The van der Waals surface area contributed by atoms with Crippen LogP contribution in [-0.2, 0) is 9.53 Å². The molecule has 0 aromatic heterocycles. The van der Waals surface area contributed by atoms with Gasteiger partial charge in [0.1, 0.15) is 11.5 Å². The van der Waals surface area contributed by atoms with Gasteiger partial charge >= 0.3 is 5.97 Å². The first-order chi connectivity index (χ1) is 12.8. The van der Waals surface area contributed by atoms with Crippen molar-refractivity contribution in [2.75, 3.05) is 13.1 Å². The maximum atomic E-state index is 13.2. The Morgan fingerprint density at radius 1 is 1.07 bits per heavy atom. The van der Waals surface area contributed by atoms with Crippen LogP contribution in [0.2, 0.25) is 0 Å². The van der Waals surface area contributed by atoms with Crippen molar-refractivity contribution in [1.29, 1.82) is 0 Å². The molecule has 0 bridgehead atoms. The van der Waals surface area contributed by atoms with Gasteiger partial charge in [0, 0.05) is 18.2 Å². The number of carboxylic acids is 1. The maximum Gasteiger partial charge on any atom is 0.334 e. The largest absolute Gasteiger partial charge is 0.479 e. The molecule has 1 saturated heterocycles. The summed E-state index contributed by atoms with van der Waals surface area (Å²) in [7, 11) is 0. The van der Waals surface area contributed by atoms with Crippen molar-refractivity contribution in [3.8, 4) is 11.5 Å². The van der Waals surface area contributed by atoms with Gasteiger partial charge in [-0.25, -0.2) is 13.6 Å². The van der Waals surface area contributed by atoms with Crippen molar-refractivity contribution < 1.29 is 33.0 Å². The molecule has 0 aliphatic carbocycles. The number of carbonyl (C=O) groups excluding carboxylic acids is 1. The van der Waals surface area contributed by atoms with E-state index < -0.39 is 23.7 Å². The SMILES string of the molecule is C[C@@H]1CN(C(=O)c2ccc(Oc3ccc(F)c(F)c3)cc2)CC(C(=O)O)O1. The van der Waals surface area contributed by atoms with Crippen LogP contribution in [0.15, 0.2) is 42.5 Å². The number of halogens is 2. The van der Waals surface area contributed by atoms with E-state index >= 15 is 0 Å². The lowest BCUT2D eigenvalue weighted by atomic mass is 10.1. The zero-order valence-electron chi connectivity index (χ0n) is 14.4. The van der Waals surface area contributed by atoms with Crippen LogP contribution < -0.4 is 4.74 Å². The van der Waals surface area contributed by atoms with E-state index in [0.717, 1.165) is 12.1 Å². The van der Waals surface area contributed by atoms with Gasteiger partial charge in [-0.3, -0.25) is 4.79 Å². The van der Waals surface area contributed by atoms with Gasteiger partial charge in [0.25, 0.3) is 5.91 Å². The average molecular weight is 377 g/mol. The number of hydrogen-bond donors (Lipinski definition) is 1. The second kappa shape index (κ2) is 7.71. The van der Waals surface area contributed by atoms with Crippen LogP contribution in [0.5, 0.6) is 11.5 Å². The molecule has 3 rings (SSSR count). The third-order valence-corrected chi connectivity index (χ3v) is 4.05.